The van der Waals surface area contributed by atoms with E-state index in [1.54, 1.807) is 23.1 Å². The molecule has 2 unspecified atom stereocenters. The van der Waals surface area contributed by atoms with Gasteiger partial charge in [-0.15, -0.1) is 0 Å². The van der Waals surface area contributed by atoms with Crippen LogP contribution in [-0.2, 0) is 9.47 Å². The Bertz CT molecular complexity index is 719. The number of carbonyl (C=O) groups is 2. The monoisotopic (exact) mass is 345 g/mol. The van der Waals surface area contributed by atoms with E-state index in [1.165, 1.54) is 0 Å². The molecular weight excluding hydrogens is 322 g/mol. The molecule has 25 heavy (non-hydrogen) atoms. The van der Waals surface area contributed by atoms with E-state index in [1.807, 2.05) is 32.9 Å². The normalized spacial score (nSPS) is 23.0. The van der Waals surface area contributed by atoms with Crippen LogP contribution in [0.3, 0.4) is 0 Å². The first-order valence-electron chi connectivity index (χ1n) is 8.38. The number of amides is 1. The molecule has 6 nitrogen and oxygen atoms in total. The van der Waals surface area contributed by atoms with Crippen molar-refractivity contribution in [3.8, 4) is 0 Å². The number of hydrogen-bond acceptors (Lipinski definition) is 4. The minimum absolute atomic E-state index is 0.109. The van der Waals surface area contributed by atoms with Crippen molar-refractivity contribution in [3.05, 3.63) is 41.5 Å². The highest BCUT2D eigenvalue weighted by Crippen LogP contribution is 2.33. The second kappa shape index (κ2) is 6.52. The standard InChI is InChI=1S/C19H23NO5/c1-19(2,3)25-18(23)20-15-8-14(9-16(20)11-24-10-15)12-5-4-6-13(7-12)17(21)22/h4-8,15-16H,9-11H2,1-3H3,(H,21,22). The Morgan fingerprint density at radius 2 is 2.04 bits per heavy atom. The lowest BCUT2D eigenvalue weighted by molar-refractivity contribution is -0.0510. The maximum absolute atomic E-state index is 12.6. The van der Waals surface area contributed by atoms with Crippen LogP contribution in [0.5, 0.6) is 0 Å². The number of morpholine rings is 1. The highest BCUT2D eigenvalue weighted by molar-refractivity contribution is 5.89. The zero-order chi connectivity index (χ0) is 18.2. The third-order valence-corrected chi connectivity index (χ3v) is 4.28. The van der Waals surface area contributed by atoms with Gasteiger partial charge in [0, 0.05) is 0 Å². The summed E-state index contributed by atoms with van der Waals surface area (Å²) in [5, 5.41) is 9.18. The Labute approximate surface area is 147 Å². The molecule has 0 aliphatic carbocycles. The van der Waals surface area contributed by atoms with Crippen molar-refractivity contribution in [2.45, 2.75) is 44.9 Å². The van der Waals surface area contributed by atoms with Gasteiger partial charge in [0.2, 0.25) is 0 Å². The number of nitrogens with zero attached hydrogens (tertiary/aromatic N) is 1. The summed E-state index contributed by atoms with van der Waals surface area (Å²) in [6, 6.07) is 6.58. The lowest BCUT2D eigenvalue weighted by atomic mass is 9.89. The molecule has 1 fully saturated rings. The first-order valence-corrected chi connectivity index (χ1v) is 8.38. The van der Waals surface area contributed by atoms with Crippen LogP contribution in [0, 0.1) is 0 Å². The van der Waals surface area contributed by atoms with E-state index in [0.717, 1.165) is 11.1 Å². The van der Waals surface area contributed by atoms with Gasteiger partial charge in [-0.05, 0) is 50.5 Å². The van der Waals surface area contributed by atoms with Crippen LogP contribution in [0.25, 0.3) is 5.57 Å². The van der Waals surface area contributed by atoms with Crippen LogP contribution in [-0.4, -0.2) is 53.0 Å². The molecule has 2 aliphatic rings. The number of benzene rings is 1. The van der Waals surface area contributed by atoms with E-state index in [0.29, 0.717) is 19.6 Å². The lowest BCUT2D eigenvalue weighted by Crippen LogP contribution is -2.57. The first kappa shape index (κ1) is 17.5. The highest BCUT2D eigenvalue weighted by atomic mass is 16.6. The van der Waals surface area contributed by atoms with Gasteiger partial charge in [0.15, 0.2) is 0 Å². The fraction of sp³-hybridized carbons (Fsp3) is 0.474. The molecule has 6 heteroatoms. The van der Waals surface area contributed by atoms with Crippen LogP contribution in [0.4, 0.5) is 4.79 Å². The Balaban J connectivity index is 1.87. The van der Waals surface area contributed by atoms with Crippen LogP contribution < -0.4 is 0 Å². The number of carboxylic acid groups (broad SMARTS) is 1. The van der Waals surface area contributed by atoms with Gasteiger partial charge in [0.05, 0.1) is 30.9 Å². The number of hydrogen-bond donors (Lipinski definition) is 1. The van der Waals surface area contributed by atoms with Crippen LogP contribution in [0.2, 0.25) is 0 Å². The van der Waals surface area contributed by atoms with E-state index < -0.39 is 11.6 Å². The minimum atomic E-state index is -0.947. The van der Waals surface area contributed by atoms with Crippen molar-refractivity contribution >= 4 is 17.6 Å². The lowest BCUT2D eigenvalue weighted by Gasteiger charge is -2.44. The molecule has 134 valence electrons. The summed E-state index contributed by atoms with van der Waals surface area (Å²) < 4.78 is 11.1. The average Bonchev–Trinajstić information content (AvgIpc) is 2.52. The van der Waals surface area contributed by atoms with E-state index >= 15 is 0 Å². The number of fused-ring (bicyclic) bond motifs is 2. The molecule has 1 amide bonds. The fourth-order valence-electron chi connectivity index (χ4n) is 3.26. The van der Waals surface area contributed by atoms with Crippen molar-refractivity contribution < 1.29 is 24.2 Å². The molecule has 0 radical (unpaired) electrons. The third kappa shape index (κ3) is 3.85. The van der Waals surface area contributed by atoms with Crippen LogP contribution in [0.1, 0.15) is 43.1 Å². The Kier molecular flexibility index (Phi) is 4.56. The molecule has 2 atom stereocenters. The van der Waals surface area contributed by atoms with Gasteiger partial charge in [-0.3, -0.25) is 4.90 Å². The average molecular weight is 345 g/mol. The van der Waals surface area contributed by atoms with Crippen LogP contribution in [0.15, 0.2) is 30.3 Å². The zero-order valence-corrected chi connectivity index (χ0v) is 14.7. The summed E-state index contributed by atoms with van der Waals surface area (Å²) >= 11 is 0. The van der Waals surface area contributed by atoms with E-state index in [9.17, 15) is 14.7 Å². The molecule has 3 rings (SSSR count). The number of rotatable bonds is 2. The summed E-state index contributed by atoms with van der Waals surface area (Å²) in [7, 11) is 0. The summed E-state index contributed by atoms with van der Waals surface area (Å²) in [5.74, 6) is -0.947. The summed E-state index contributed by atoms with van der Waals surface area (Å²) in [6.07, 6.45) is 2.26. The first-order chi connectivity index (χ1) is 11.7. The van der Waals surface area contributed by atoms with Gasteiger partial charge in [-0.25, -0.2) is 9.59 Å². The maximum Gasteiger partial charge on any atom is 0.411 e. The van der Waals surface area contributed by atoms with E-state index in [2.05, 4.69) is 0 Å². The van der Waals surface area contributed by atoms with Gasteiger partial charge in [-0.1, -0.05) is 18.2 Å². The molecule has 1 N–H and O–H groups in total. The zero-order valence-electron chi connectivity index (χ0n) is 14.7. The molecule has 2 bridgehead atoms. The molecule has 2 heterocycles. The van der Waals surface area contributed by atoms with Crippen molar-refractivity contribution in [1.29, 1.82) is 0 Å². The predicted molar refractivity (Wildman–Crippen MR) is 92.5 cm³/mol. The fourth-order valence-corrected chi connectivity index (χ4v) is 3.26. The second-order valence-corrected chi connectivity index (χ2v) is 7.43. The van der Waals surface area contributed by atoms with Crippen LogP contribution >= 0.6 is 0 Å². The summed E-state index contributed by atoms with van der Waals surface area (Å²) in [5.41, 5.74) is 1.63. The second-order valence-electron chi connectivity index (χ2n) is 7.43. The van der Waals surface area contributed by atoms with E-state index in [4.69, 9.17) is 9.47 Å². The Morgan fingerprint density at radius 1 is 1.28 bits per heavy atom. The molecule has 1 saturated heterocycles. The van der Waals surface area contributed by atoms with Crippen molar-refractivity contribution in [2.24, 2.45) is 0 Å². The molecule has 2 aliphatic heterocycles. The smallest absolute Gasteiger partial charge is 0.411 e. The van der Waals surface area contributed by atoms with Crippen molar-refractivity contribution in [2.75, 3.05) is 13.2 Å². The van der Waals surface area contributed by atoms with Gasteiger partial charge in [0.25, 0.3) is 0 Å². The summed E-state index contributed by atoms with van der Waals surface area (Å²) in [4.78, 5) is 25.5. The molecule has 1 aromatic carbocycles. The molecule has 0 spiro atoms. The molecular formula is C19H23NO5. The molecule has 1 aromatic rings. The molecule has 0 saturated carbocycles. The number of carboxylic acids is 1. The topological polar surface area (TPSA) is 76.1 Å². The van der Waals surface area contributed by atoms with Gasteiger partial charge >= 0.3 is 12.1 Å². The molecule has 0 aromatic heterocycles. The predicted octanol–water partition coefficient (Wildman–Crippen LogP) is 3.18. The van der Waals surface area contributed by atoms with Gasteiger partial charge in [-0.2, -0.15) is 0 Å². The number of aromatic carboxylic acids is 1. The largest absolute Gasteiger partial charge is 0.478 e. The SMILES string of the molecule is CC(C)(C)OC(=O)N1C2C=C(c3cccc(C(=O)O)c3)CC1COC2. The Morgan fingerprint density at radius 3 is 2.68 bits per heavy atom. The summed E-state index contributed by atoms with van der Waals surface area (Å²) in [6.45, 7) is 6.41. The van der Waals surface area contributed by atoms with Gasteiger partial charge < -0.3 is 14.6 Å². The van der Waals surface area contributed by atoms with Crippen molar-refractivity contribution in [1.82, 2.24) is 4.90 Å². The Hall–Kier alpha value is -2.34. The quantitative estimate of drug-likeness (QED) is 0.891. The third-order valence-electron chi connectivity index (χ3n) is 4.28. The number of ether oxygens (including phenoxy) is 2. The minimum Gasteiger partial charge on any atom is -0.478 e. The van der Waals surface area contributed by atoms with Crippen molar-refractivity contribution in [3.63, 3.8) is 0 Å². The maximum atomic E-state index is 12.6. The highest BCUT2D eigenvalue weighted by Gasteiger charge is 2.40. The van der Waals surface area contributed by atoms with Gasteiger partial charge in [0.1, 0.15) is 5.60 Å². The number of carbonyl (C=O) groups excluding carboxylic acids is 1. The van der Waals surface area contributed by atoms with E-state index in [-0.39, 0.29) is 23.7 Å².